The van der Waals surface area contributed by atoms with E-state index in [1.807, 2.05) is 23.1 Å². The second kappa shape index (κ2) is 4.44. The Morgan fingerprint density at radius 2 is 2.17 bits per heavy atom. The Hall–Kier alpha value is -1.84. The first-order valence-electron chi connectivity index (χ1n) is 6.56. The van der Waals surface area contributed by atoms with Crippen molar-refractivity contribution in [3.8, 4) is 0 Å². The van der Waals surface area contributed by atoms with Gasteiger partial charge in [-0.3, -0.25) is 14.8 Å². The van der Waals surface area contributed by atoms with Gasteiger partial charge in [0.15, 0.2) is 0 Å². The molecule has 2 aliphatic rings. The zero-order valence-corrected chi connectivity index (χ0v) is 10.6. The van der Waals surface area contributed by atoms with Gasteiger partial charge in [0.1, 0.15) is 5.84 Å². The molecule has 0 bridgehead atoms. The molecule has 18 heavy (non-hydrogen) atoms. The van der Waals surface area contributed by atoms with Crippen LogP contribution < -0.4 is 4.90 Å². The number of rotatable bonds is 3. The van der Waals surface area contributed by atoms with Gasteiger partial charge in [-0.2, -0.15) is 0 Å². The number of aliphatic imine (C=N–C) groups is 1. The molecule has 4 heteroatoms. The molecule has 0 atom stereocenters. The summed E-state index contributed by atoms with van der Waals surface area (Å²) in [6, 6.07) is 8.14. The molecule has 0 fully saturated rings. The third-order valence-corrected chi connectivity index (χ3v) is 3.47. The predicted molar refractivity (Wildman–Crippen MR) is 72.2 cm³/mol. The Morgan fingerprint density at radius 3 is 3.00 bits per heavy atom. The van der Waals surface area contributed by atoms with Crippen LogP contribution in [0.15, 0.2) is 29.3 Å². The van der Waals surface area contributed by atoms with Crippen LogP contribution in [0.4, 0.5) is 10.5 Å². The van der Waals surface area contributed by atoms with Gasteiger partial charge in [-0.1, -0.05) is 25.5 Å². The lowest BCUT2D eigenvalue weighted by Crippen LogP contribution is -2.50. The van der Waals surface area contributed by atoms with E-state index in [4.69, 9.17) is 0 Å². The van der Waals surface area contributed by atoms with Crippen molar-refractivity contribution >= 4 is 17.6 Å². The van der Waals surface area contributed by atoms with Crippen molar-refractivity contribution in [1.82, 2.24) is 4.90 Å². The quantitative estimate of drug-likeness (QED) is 0.803. The fourth-order valence-corrected chi connectivity index (χ4v) is 2.54. The number of hydrogen-bond donors (Lipinski definition) is 0. The van der Waals surface area contributed by atoms with Gasteiger partial charge in [-0.25, -0.2) is 4.79 Å². The molecule has 0 radical (unpaired) electrons. The number of carbonyl (C=O) groups excluding carboxylic acids is 1. The van der Waals surface area contributed by atoms with Crippen LogP contribution >= 0.6 is 0 Å². The molecule has 3 rings (SSSR count). The minimum Gasteiger partial charge on any atom is -0.293 e. The average Bonchev–Trinajstić information content (AvgIpc) is 2.88. The summed E-state index contributed by atoms with van der Waals surface area (Å²) in [4.78, 5) is 20.6. The predicted octanol–water partition coefficient (Wildman–Crippen LogP) is 2.49. The van der Waals surface area contributed by atoms with Gasteiger partial charge >= 0.3 is 6.03 Å². The van der Waals surface area contributed by atoms with E-state index in [1.165, 1.54) is 0 Å². The monoisotopic (exact) mass is 243 g/mol. The molecule has 0 N–H and O–H groups in total. The van der Waals surface area contributed by atoms with Crippen molar-refractivity contribution in [1.29, 1.82) is 0 Å². The molecule has 94 valence electrons. The van der Waals surface area contributed by atoms with E-state index in [9.17, 15) is 4.79 Å². The standard InChI is InChI=1S/C14H17N3O/c1-2-3-9-16-12-7-5-4-6-11(12)13-15-8-10-17(13)14(16)18/h4-7H,2-3,8-10H2,1H3. The van der Waals surface area contributed by atoms with Gasteiger partial charge in [0.25, 0.3) is 0 Å². The van der Waals surface area contributed by atoms with E-state index in [0.29, 0.717) is 6.54 Å². The van der Waals surface area contributed by atoms with E-state index in [-0.39, 0.29) is 6.03 Å². The summed E-state index contributed by atoms with van der Waals surface area (Å²) in [5, 5.41) is 0. The number of amidine groups is 1. The largest absolute Gasteiger partial charge is 0.330 e. The smallest absolute Gasteiger partial charge is 0.293 e. The summed E-state index contributed by atoms with van der Waals surface area (Å²) in [5.41, 5.74) is 2.10. The van der Waals surface area contributed by atoms with Crippen LogP contribution in [0.1, 0.15) is 25.3 Å². The molecule has 0 spiro atoms. The van der Waals surface area contributed by atoms with Crippen molar-refractivity contribution in [3.63, 3.8) is 0 Å². The molecule has 0 aromatic heterocycles. The van der Waals surface area contributed by atoms with Crippen LogP contribution in [-0.2, 0) is 0 Å². The van der Waals surface area contributed by atoms with Crippen LogP contribution in [0.2, 0.25) is 0 Å². The SMILES string of the molecule is CCCCN1C(=O)N2CCN=C2c2ccccc21. The fourth-order valence-electron chi connectivity index (χ4n) is 2.54. The lowest BCUT2D eigenvalue weighted by atomic mass is 10.1. The first-order valence-corrected chi connectivity index (χ1v) is 6.56. The summed E-state index contributed by atoms with van der Waals surface area (Å²) in [7, 11) is 0. The second-order valence-corrected chi connectivity index (χ2v) is 4.66. The summed E-state index contributed by atoms with van der Waals surface area (Å²) in [5.74, 6) is 0.850. The van der Waals surface area contributed by atoms with E-state index in [2.05, 4.69) is 18.0 Å². The second-order valence-electron chi connectivity index (χ2n) is 4.66. The van der Waals surface area contributed by atoms with Crippen LogP contribution in [-0.4, -0.2) is 36.4 Å². The summed E-state index contributed by atoms with van der Waals surface area (Å²) < 4.78 is 0. The van der Waals surface area contributed by atoms with Crippen molar-refractivity contribution in [2.75, 3.05) is 24.5 Å². The molecule has 1 aromatic carbocycles. The summed E-state index contributed by atoms with van der Waals surface area (Å²) in [6.45, 7) is 4.36. The Labute approximate surface area is 107 Å². The van der Waals surface area contributed by atoms with E-state index in [1.54, 1.807) is 4.90 Å². The number of anilines is 1. The highest BCUT2D eigenvalue weighted by Gasteiger charge is 2.36. The lowest BCUT2D eigenvalue weighted by Gasteiger charge is -2.35. The van der Waals surface area contributed by atoms with Gasteiger partial charge < -0.3 is 0 Å². The number of hydrogen-bond acceptors (Lipinski definition) is 2. The minimum absolute atomic E-state index is 0.0819. The Morgan fingerprint density at radius 1 is 1.33 bits per heavy atom. The molecule has 1 aromatic rings. The van der Waals surface area contributed by atoms with Crippen molar-refractivity contribution in [2.24, 2.45) is 4.99 Å². The Bertz CT molecular complexity index is 510. The molecule has 2 heterocycles. The number of carbonyl (C=O) groups is 1. The number of amides is 2. The topological polar surface area (TPSA) is 35.9 Å². The van der Waals surface area contributed by atoms with Gasteiger partial charge in [-0.15, -0.1) is 0 Å². The molecule has 0 aliphatic carbocycles. The number of para-hydroxylation sites is 1. The molecule has 0 saturated heterocycles. The molecule has 2 aliphatic heterocycles. The number of unbranched alkanes of at least 4 members (excludes halogenated alkanes) is 1. The number of fused-ring (bicyclic) bond motifs is 3. The first kappa shape index (κ1) is 11.3. The highest BCUT2D eigenvalue weighted by molar-refractivity contribution is 6.19. The summed E-state index contributed by atoms with van der Waals surface area (Å²) >= 11 is 0. The number of nitrogens with zero attached hydrogens (tertiary/aromatic N) is 3. The molecular weight excluding hydrogens is 226 g/mol. The zero-order valence-electron chi connectivity index (χ0n) is 10.6. The van der Waals surface area contributed by atoms with Gasteiger partial charge in [0.2, 0.25) is 0 Å². The van der Waals surface area contributed by atoms with Gasteiger partial charge in [0.05, 0.1) is 12.2 Å². The maximum atomic E-state index is 12.4. The highest BCUT2D eigenvalue weighted by atomic mass is 16.2. The zero-order chi connectivity index (χ0) is 12.5. The first-order chi connectivity index (χ1) is 8.83. The van der Waals surface area contributed by atoms with Crippen molar-refractivity contribution in [2.45, 2.75) is 19.8 Å². The van der Waals surface area contributed by atoms with Crippen LogP contribution in [0.25, 0.3) is 0 Å². The number of urea groups is 1. The summed E-state index contributed by atoms with van der Waals surface area (Å²) in [6.07, 6.45) is 2.12. The third-order valence-electron chi connectivity index (χ3n) is 3.47. The maximum Gasteiger partial charge on any atom is 0.330 e. The van der Waals surface area contributed by atoms with Gasteiger partial charge in [0, 0.05) is 18.7 Å². The minimum atomic E-state index is 0.0819. The molecule has 4 nitrogen and oxygen atoms in total. The average molecular weight is 243 g/mol. The van der Waals surface area contributed by atoms with E-state index >= 15 is 0 Å². The van der Waals surface area contributed by atoms with E-state index < -0.39 is 0 Å². The highest BCUT2D eigenvalue weighted by Crippen LogP contribution is 2.30. The molecule has 0 saturated carbocycles. The van der Waals surface area contributed by atoms with Gasteiger partial charge in [-0.05, 0) is 18.6 Å². The van der Waals surface area contributed by atoms with Crippen molar-refractivity contribution < 1.29 is 4.79 Å². The van der Waals surface area contributed by atoms with Crippen LogP contribution in [0, 0.1) is 0 Å². The molecule has 0 unspecified atom stereocenters. The molecular formula is C14H17N3O. The number of benzene rings is 1. The van der Waals surface area contributed by atoms with Crippen molar-refractivity contribution in [3.05, 3.63) is 29.8 Å². The third kappa shape index (κ3) is 1.60. The normalized spacial score (nSPS) is 17.6. The Kier molecular flexibility index (Phi) is 2.78. The van der Waals surface area contributed by atoms with Crippen LogP contribution in [0.5, 0.6) is 0 Å². The Balaban J connectivity index is 2.04. The molecule has 2 amide bonds. The van der Waals surface area contributed by atoms with Crippen LogP contribution in [0.3, 0.4) is 0 Å². The van der Waals surface area contributed by atoms with E-state index in [0.717, 1.165) is 43.0 Å². The lowest BCUT2D eigenvalue weighted by molar-refractivity contribution is 0.228. The maximum absolute atomic E-state index is 12.4. The fraction of sp³-hybridized carbons (Fsp3) is 0.429.